The van der Waals surface area contributed by atoms with E-state index in [-0.39, 0.29) is 0 Å². The predicted octanol–water partition coefficient (Wildman–Crippen LogP) is 1.32. The summed E-state index contributed by atoms with van der Waals surface area (Å²) in [5.41, 5.74) is 0. The monoisotopic (exact) mass is 178 g/mol. The largest absolute Gasteiger partial charge is 0.274 e. The molecule has 0 amide bonds. The Morgan fingerprint density at radius 3 is 1.73 bits per heavy atom. The van der Waals surface area contributed by atoms with Gasteiger partial charge in [0, 0.05) is 0 Å². The molecule has 0 saturated carbocycles. The summed E-state index contributed by atoms with van der Waals surface area (Å²) in [4.78, 5) is 0. The van der Waals surface area contributed by atoms with E-state index in [2.05, 4.69) is 16.3 Å². The van der Waals surface area contributed by atoms with Gasteiger partial charge in [-0.2, -0.15) is 8.42 Å². The lowest BCUT2D eigenvalue weighted by Gasteiger charge is -1.84. The Bertz CT molecular complexity index is 198. The van der Waals surface area contributed by atoms with Crippen molar-refractivity contribution in [1.82, 2.24) is 0 Å². The lowest BCUT2D eigenvalue weighted by molar-refractivity contribution is 0.403. The van der Waals surface area contributed by atoms with E-state index in [0.717, 1.165) is 13.4 Å². The molecule has 4 heteroatoms. The first-order chi connectivity index (χ1) is 5.06. The van der Waals surface area contributed by atoms with Gasteiger partial charge in [0.15, 0.2) is 0 Å². The zero-order valence-corrected chi connectivity index (χ0v) is 7.73. The van der Waals surface area contributed by atoms with E-state index in [9.17, 15) is 8.42 Å². The van der Waals surface area contributed by atoms with Crippen LogP contribution in [0.25, 0.3) is 0 Å². The predicted molar refractivity (Wildman–Crippen MR) is 44.8 cm³/mol. The maximum atomic E-state index is 9.78. The highest BCUT2D eigenvalue weighted by Gasteiger charge is 1.90. The first-order valence-electron chi connectivity index (χ1n) is 3.47. The summed E-state index contributed by atoms with van der Waals surface area (Å²) in [7, 11) is -2.04. The van der Waals surface area contributed by atoms with Gasteiger partial charge in [-0.3, -0.25) is 4.18 Å². The van der Waals surface area contributed by atoms with Crippen molar-refractivity contribution in [3.05, 3.63) is 12.2 Å². The lowest BCUT2D eigenvalue weighted by Crippen LogP contribution is -1.95. The van der Waals surface area contributed by atoms with Gasteiger partial charge >= 0.3 is 0 Å². The molecule has 11 heavy (non-hydrogen) atoms. The normalized spacial score (nSPS) is 15.8. The molecule has 1 rings (SSSR count). The molecule has 0 saturated heterocycles. The average molecular weight is 178 g/mol. The Hall–Kier alpha value is -0.350. The minimum Gasteiger partial charge on any atom is -0.274 e. The fourth-order valence-electron chi connectivity index (χ4n) is 0.589. The maximum Gasteiger partial charge on any atom is 0.264 e. The fraction of sp³-hybridized carbons (Fsp3) is 0.714. The second-order valence-corrected chi connectivity index (χ2v) is 4.01. The molecule has 3 nitrogen and oxygen atoms in total. The summed E-state index contributed by atoms with van der Waals surface area (Å²) in [6.07, 6.45) is 9.49. The summed E-state index contributed by atoms with van der Waals surface area (Å²) >= 11 is 0. The molecule has 66 valence electrons. The number of hydrogen-bond acceptors (Lipinski definition) is 3. The van der Waals surface area contributed by atoms with Crippen molar-refractivity contribution in [3.8, 4) is 0 Å². The van der Waals surface area contributed by atoms with Crippen LogP contribution in [0.5, 0.6) is 0 Å². The smallest absolute Gasteiger partial charge is 0.264 e. The SMILES string of the molecule is C1=CCCC1.COS(C)(=O)=O. The van der Waals surface area contributed by atoms with Crippen LogP contribution >= 0.6 is 0 Å². The zero-order chi connectivity index (χ0) is 8.74. The molecule has 0 aromatic rings. The van der Waals surface area contributed by atoms with Crippen molar-refractivity contribution in [1.29, 1.82) is 0 Å². The molecule has 0 spiro atoms. The van der Waals surface area contributed by atoms with Crippen LogP contribution in [0.1, 0.15) is 19.3 Å². The van der Waals surface area contributed by atoms with Crippen LogP contribution in [0.2, 0.25) is 0 Å². The highest BCUT2D eigenvalue weighted by molar-refractivity contribution is 7.85. The Labute approximate surface area is 68.2 Å². The van der Waals surface area contributed by atoms with Gasteiger partial charge < -0.3 is 0 Å². The van der Waals surface area contributed by atoms with E-state index in [0.29, 0.717) is 0 Å². The van der Waals surface area contributed by atoms with Crippen molar-refractivity contribution in [2.45, 2.75) is 19.3 Å². The molecule has 0 bridgehead atoms. The van der Waals surface area contributed by atoms with Gasteiger partial charge in [-0.05, 0) is 19.3 Å². The summed E-state index contributed by atoms with van der Waals surface area (Å²) in [5.74, 6) is 0. The van der Waals surface area contributed by atoms with Crippen LogP contribution in [0, 0.1) is 0 Å². The Morgan fingerprint density at radius 2 is 1.64 bits per heavy atom. The van der Waals surface area contributed by atoms with E-state index in [1.165, 1.54) is 19.3 Å². The average Bonchev–Trinajstić information content (AvgIpc) is 2.41. The third-order valence-electron chi connectivity index (χ3n) is 1.21. The molecule has 0 radical (unpaired) electrons. The molecular formula is C7H14O3S. The van der Waals surface area contributed by atoms with Gasteiger partial charge in [0.05, 0.1) is 13.4 Å². The molecule has 1 aliphatic carbocycles. The minimum atomic E-state index is -3.16. The van der Waals surface area contributed by atoms with Crippen molar-refractivity contribution < 1.29 is 12.6 Å². The summed E-state index contributed by atoms with van der Waals surface area (Å²) in [5, 5.41) is 0. The van der Waals surface area contributed by atoms with Crippen LogP contribution in [-0.4, -0.2) is 21.8 Å². The molecule has 0 aromatic carbocycles. The Morgan fingerprint density at radius 1 is 1.27 bits per heavy atom. The van der Waals surface area contributed by atoms with Crippen LogP contribution in [0.4, 0.5) is 0 Å². The topological polar surface area (TPSA) is 43.4 Å². The highest BCUT2D eigenvalue weighted by atomic mass is 32.2. The van der Waals surface area contributed by atoms with E-state index >= 15 is 0 Å². The molecule has 0 unspecified atom stereocenters. The molecule has 0 aromatic heterocycles. The lowest BCUT2D eigenvalue weighted by atomic mass is 10.4. The van der Waals surface area contributed by atoms with Crippen LogP contribution in [-0.2, 0) is 14.3 Å². The third kappa shape index (κ3) is 9.65. The zero-order valence-electron chi connectivity index (χ0n) is 6.91. The van der Waals surface area contributed by atoms with Gasteiger partial charge in [0.25, 0.3) is 10.1 Å². The first kappa shape index (κ1) is 10.7. The van der Waals surface area contributed by atoms with Gasteiger partial charge in [-0.1, -0.05) is 12.2 Å². The van der Waals surface area contributed by atoms with E-state index in [4.69, 9.17) is 0 Å². The first-order valence-corrected chi connectivity index (χ1v) is 5.28. The number of rotatable bonds is 1. The molecule has 0 aliphatic heterocycles. The summed E-state index contributed by atoms with van der Waals surface area (Å²) in [6, 6.07) is 0. The maximum absolute atomic E-state index is 9.78. The molecule has 0 fully saturated rings. The molecule has 0 heterocycles. The van der Waals surface area contributed by atoms with Crippen molar-refractivity contribution in [3.63, 3.8) is 0 Å². The summed E-state index contributed by atoms with van der Waals surface area (Å²) < 4.78 is 23.5. The second-order valence-electron chi connectivity index (χ2n) is 2.27. The minimum absolute atomic E-state index is 0.993. The standard InChI is InChI=1S/C5H8.C2H6O3S/c1-2-4-5-3-1;1-5-6(2,3)4/h1-2H,3-5H2;1-2H3. The van der Waals surface area contributed by atoms with E-state index in [1.54, 1.807) is 0 Å². The fourth-order valence-corrected chi connectivity index (χ4v) is 0.589. The summed E-state index contributed by atoms with van der Waals surface area (Å²) in [6.45, 7) is 0. The molecule has 0 N–H and O–H groups in total. The van der Waals surface area contributed by atoms with E-state index < -0.39 is 10.1 Å². The second kappa shape index (κ2) is 5.32. The van der Waals surface area contributed by atoms with Gasteiger partial charge in [-0.25, -0.2) is 0 Å². The number of hydrogen-bond donors (Lipinski definition) is 0. The molecule has 0 atom stereocenters. The van der Waals surface area contributed by atoms with Crippen LogP contribution in [0.15, 0.2) is 12.2 Å². The molecular weight excluding hydrogens is 164 g/mol. The third-order valence-corrected chi connectivity index (χ3v) is 1.82. The van der Waals surface area contributed by atoms with Crippen LogP contribution in [0.3, 0.4) is 0 Å². The Balaban J connectivity index is 0.000000183. The van der Waals surface area contributed by atoms with Crippen molar-refractivity contribution >= 4 is 10.1 Å². The quantitative estimate of drug-likeness (QED) is 0.449. The van der Waals surface area contributed by atoms with E-state index in [1.807, 2.05) is 0 Å². The van der Waals surface area contributed by atoms with Gasteiger partial charge in [-0.15, -0.1) is 0 Å². The number of allylic oxidation sites excluding steroid dienone is 2. The van der Waals surface area contributed by atoms with Gasteiger partial charge in [0.2, 0.25) is 0 Å². The highest BCUT2D eigenvalue weighted by Crippen LogP contribution is 2.05. The molecule has 1 aliphatic rings. The van der Waals surface area contributed by atoms with Gasteiger partial charge in [0.1, 0.15) is 0 Å². The van der Waals surface area contributed by atoms with Crippen LogP contribution < -0.4 is 0 Å². The van der Waals surface area contributed by atoms with Crippen molar-refractivity contribution in [2.75, 3.05) is 13.4 Å². The van der Waals surface area contributed by atoms with Crippen molar-refractivity contribution in [2.24, 2.45) is 0 Å². The Kier molecular flexibility index (Phi) is 5.15.